The molecule has 1 heterocycles. The monoisotopic (exact) mass is 351 g/mol. The fourth-order valence-corrected chi connectivity index (χ4v) is 4.00. The van der Waals surface area contributed by atoms with Crippen molar-refractivity contribution in [2.45, 2.75) is 32.2 Å². The van der Waals surface area contributed by atoms with Gasteiger partial charge >= 0.3 is 0 Å². The smallest absolute Gasteiger partial charge is 0.0843 e. The van der Waals surface area contributed by atoms with Crippen molar-refractivity contribution in [2.24, 2.45) is 5.92 Å². The lowest BCUT2D eigenvalue weighted by Crippen LogP contribution is -2.22. The number of nitrogens with one attached hydrogen (secondary N) is 1. The lowest BCUT2D eigenvalue weighted by molar-refractivity contribution is 0.488. The molecule has 0 saturated heterocycles. The maximum absolute atomic E-state index is 3.66. The molecule has 1 saturated carbocycles. The SMILES string of the molecule is CCCNC(c1cc(Br)c(Br)s1)C1CC1. The first kappa shape index (κ1) is 12.1. The van der Waals surface area contributed by atoms with Gasteiger partial charge in [0.25, 0.3) is 0 Å². The number of hydrogen-bond acceptors (Lipinski definition) is 2. The first-order valence-electron chi connectivity index (χ1n) is 5.40. The molecule has 0 radical (unpaired) electrons. The zero-order valence-electron chi connectivity index (χ0n) is 8.72. The fraction of sp³-hybridized carbons (Fsp3) is 0.636. The van der Waals surface area contributed by atoms with Gasteiger partial charge in [0.1, 0.15) is 0 Å². The minimum atomic E-state index is 0.581. The van der Waals surface area contributed by atoms with Crippen LogP contribution in [0.2, 0.25) is 0 Å². The van der Waals surface area contributed by atoms with Crippen molar-refractivity contribution in [1.82, 2.24) is 5.32 Å². The summed E-state index contributed by atoms with van der Waals surface area (Å²) in [5, 5.41) is 3.66. The number of rotatable bonds is 5. The molecule has 0 amide bonds. The summed E-state index contributed by atoms with van der Waals surface area (Å²) < 4.78 is 2.40. The quantitative estimate of drug-likeness (QED) is 0.808. The van der Waals surface area contributed by atoms with Gasteiger partial charge in [-0.2, -0.15) is 0 Å². The van der Waals surface area contributed by atoms with Gasteiger partial charge in [-0.3, -0.25) is 0 Å². The number of hydrogen-bond donors (Lipinski definition) is 1. The molecule has 2 rings (SSSR count). The molecule has 1 N–H and O–H groups in total. The van der Waals surface area contributed by atoms with Crippen LogP contribution in [0.5, 0.6) is 0 Å². The zero-order chi connectivity index (χ0) is 10.8. The first-order valence-corrected chi connectivity index (χ1v) is 7.80. The normalized spacial score (nSPS) is 18.1. The van der Waals surface area contributed by atoms with Gasteiger partial charge in [0.15, 0.2) is 0 Å². The maximum Gasteiger partial charge on any atom is 0.0843 e. The Morgan fingerprint density at radius 2 is 2.27 bits per heavy atom. The average Bonchev–Trinajstić information content (AvgIpc) is 2.97. The third kappa shape index (κ3) is 3.05. The van der Waals surface area contributed by atoms with Gasteiger partial charge in [-0.15, -0.1) is 11.3 Å². The third-order valence-electron chi connectivity index (χ3n) is 2.68. The van der Waals surface area contributed by atoms with E-state index in [2.05, 4.69) is 50.2 Å². The Morgan fingerprint density at radius 3 is 2.73 bits per heavy atom. The molecule has 15 heavy (non-hydrogen) atoms. The molecule has 1 aliphatic rings. The summed E-state index contributed by atoms with van der Waals surface area (Å²) in [6.45, 7) is 3.34. The highest BCUT2D eigenvalue weighted by Crippen LogP contribution is 2.45. The number of halogens is 2. The molecule has 1 aromatic rings. The molecule has 0 aromatic carbocycles. The topological polar surface area (TPSA) is 12.0 Å². The summed E-state index contributed by atoms with van der Waals surface area (Å²) in [4.78, 5) is 1.46. The molecule has 1 unspecified atom stereocenters. The molecular weight excluding hydrogens is 338 g/mol. The van der Waals surface area contributed by atoms with E-state index >= 15 is 0 Å². The summed E-state index contributed by atoms with van der Waals surface area (Å²) in [7, 11) is 0. The molecule has 4 heteroatoms. The van der Waals surface area contributed by atoms with Gasteiger partial charge in [-0.05, 0) is 69.7 Å². The molecule has 84 valence electrons. The van der Waals surface area contributed by atoms with Crippen LogP contribution < -0.4 is 5.32 Å². The van der Waals surface area contributed by atoms with Crippen molar-refractivity contribution in [1.29, 1.82) is 0 Å². The highest BCUT2D eigenvalue weighted by molar-refractivity contribution is 9.13. The molecule has 0 spiro atoms. The highest BCUT2D eigenvalue weighted by atomic mass is 79.9. The molecule has 0 bridgehead atoms. The zero-order valence-corrected chi connectivity index (χ0v) is 12.7. The Morgan fingerprint density at radius 1 is 1.53 bits per heavy atom. The predicted molar refractivity (Wildman–Crippen MR) is 73.5 cm³/mol. The van der Waals surface area contributed by atoms with E-state index in [0.29, 0.717) is 6.04 Å². The summed E-state index contributed by atoms with van der Waals surface area (Å²) in [5.74, 6) is 0.869. The Kier molecular flexibility index (Phi) is 4.27. The van der Waals surface area contributed by atoms with E-state index < -0.39 is 0 Å². The van der Waals surface area contributed by atoms with E-state index in [1.165, 1.54) is 32.4 Å². The van der Waals surface area contributed by atoms with Gasteiger partial charge in [0.05, 0.1) is 3.79 Å². The van der Waals surface area contributed by atoms with Crippen molar-refractivity contribution in [3.63, 3.8) is 0 Å². The van der Waals surface area contributed by atoms with Gasteiger partial charge in [-0.25, -0.2) is 0 Å². The summed E-state index contributed by atoms with van der Waals surface area (Å²) in [5.41, 5.74) is 0. The Labute approximate surface area is 112 Å². The van der Waals surface area contributed by atoms with Crippen LogP contribution in [0.3, 0.4) is 0 Å². The molecule has 1 atom stereocenters. The number of thiophene rings is 1. The van der Waals surface area contributed by atoms with Crippen LogP contribution in [0, 0.1) is 5.92 Å². The van der Waals surface area contributed by atoms with Crippen molar-refractivity contribution in [3.8, 4) is 0 Å². The molecular formula is C11H15Br2NS. The van der Waals surface area contributed by atoms with Crippen LogP contribution >= 0.6 is 43.2 Å². The minimum absolute atomic E-state index is 0.581. The van der Waals surface area contributed by atoms with Gasteiger partial charge in [-0.1, -0.05) is 6.92 Å². The van der Waals surface area contributed by atoms with E-state index in [-0.39, 0.29) is 0 Å². The maximum atomic E-state index is 3.66. The second kappa shape index (κ2) is 5.30. The lowest BCUT2D eigenvalue weighted by Gasteiger charge is -2.15. The lowest BCUT2D eigenvalue weighted by atomic mass is 10.1. The van der Waals surface area contributed by atoms with Crippen molar-refractivity contribution in [3.05, 3.63) is 19.2 Å². The summed E-state index contributed by atoms with van der Waals surface area (Å²) in [6.07, 6.45) is 3.97. The van der Waals surface area contributed by atoms with Crippen molar-refractivity contribution < 1.29 is 0 Å². The minimum Gasteiger partial charge on any atom is -0.309 e. The molecule has 1 nitrogen and oxygen atoms in total. The van der Waals surface area contributed by atoms with Gasteiger partial charge < -0.3 is 5.32 Å². The van der Waals surface area contributed by atoms with Crippen LogP contribution in [0.4, 0.5) is 0 Å². The highest BCUT2D eigenvalue weighted by Gasteiger charge is 2.33. The Bertz CT molecular complexity index is 314. The van der Waals surface area contributed by atoms with Crippen LogP contribution in [0.1, 0.15) is 37.1 Å². The van der Waals surface area contributed by atoms with Crippen LogP contribution in [-0.4, -0.2) is 6.54 Å². The standard InChI is InChI=1S/C11H15Br2NS/c1-2-5-14-10(7-3-4-7)9-6-8(12)11(13)15-9/h6-7,10,14H,2-5H2,1H3. The Hall–Kier alpha value is 0.620. The summed E-state index contributed by atoms with van der Waals surface area (Å²) in [6, 6.07) is 2.83. The van der Waals surface area contributed by atoms with Crippen LogP contribution in [-0.2, 0) is 0 Å². The van der Waals surface area contributed by atoms with Crippen LogP contribution in [0.15, 0.2) is 14.3 Å². The van der Waals surface area contributed by atoms with E-state index in [4.69, 9.17) is 0 Å². The molecule has 1 aliphatic carbocycles. The summed E-state index contributed by atoms with van der Waals surface area (Å²) >= 11 is 8.97. The largest absolute Gasteiger partial charge is 0.309 e. The second-order valence-electron chi connectivity index (χ2n) is 4.04. The van der Waals surface area contributed by atoms with Gasteiger partial charge in [0, 0.05) is 15.4 Å². The van der Waals surface area contributed by atoms with Crippen molar-refractivity contribution >= 4 is 43.2 Å². The van der Waals surface area contributed by atoms with E-state index in [9.17, 15) is 0 Å². The van der Waals surface area contributed by atoms with Crippen molar-refractivity contribution in [2.75, 3.05) is 6.54 Å². The van der Waals surface area contributed by atoms with Gasteiger partial charge in [0.2, 0.25) is 0 Å². The second-order valence-corrected chi connectivity index (χ2v) is 7.30. The van der Waals surface area contributed by atoms with E-state index in [0.717, 1.165) is 12.5 Å². The molecule has 1 aromatic heterocycles. The van der Waals surface area contributed by atoms with E-state index in [1.54, 1.807) is 0 Å². The molecule has 1 fully saturated rings. The third-order valence-corrected chi connectivity index (χ3v) is 6.02. The first-order chi connectivity index (χ1) is 7.22. The van der Waals surface area contributed by atoms with Crippen LogP contribution in [0.25, 0.3) is 0 Å². The molecule has 0 aliphatic heterocycles. The fourth-order valence-electron chi connectivity index (χ4n) is 1.75. The average molecular weight is 353 g/mol. The predicted octanol–water partition coefficient (Wildman–Crippen LogP) is 4.72. The Balaban J connectivity index is 2.09. The van der Waals surface area contributed by atoms with E-state index in [1.807, 2.05) is 11.3 Å².